The first-order valence-corrected chi connectivity index (χ1v) is 8.41. The molecule has 0 N–H and O–H groups in total. The second-order valence-electron chi connectivity index (χ2n) is 5.78. The van der Waals surface area contributed by atoms with Gasteiger partial charge in [0, 0.05) is 15.0 Å². The summed E-state index contributed by atoms with van der Waals surface area (Å²) in [5, 5.41) is 1.47. The van der Waals surface area contributed by atoms with E-state index in [1.165, 1.54) is 51.6 Å². The molecule has 0 amide bonds. The predicted molar refractivity (Wildman–Crippen MR) is 93.8 cm³/mol. The van der Waals surface area contributed by atoms with Gasteiger partial charge in [0.05, 0.1) is 0 Å². The Balaban J connectivity index is 1.95. The van der Waals surface area contributed by atoms with Gasteiger partial charge >= 0.3 is 0 Å². The van der Waals surface area contributed by atoms with Crippen LogP contribution in [0.15, 0.2) is 48.5 Å². The summed E-state index contributed by atoms with van der Waals surface area (Å²) in [5.74, 6) is 0. The predicted octanol–water partition coefficient (Wildman–Crippen LogP) is 6.09. The molecule has 3 aromatic rings. The van der Waals surface area contributed by atoms with E-state index >= 15 is 0 Å². The molecule has 1 aromatic heterocycles. The highest BCUT2D eigenvalue weighted by molar-refractivity contribution is 7.19. The van der Waals surface area contributed by atoms with Crippen molar-refractivity contribution < 1.29 is 0 Å². The third-order valence-electron chi connectivity index (χ3n) is 4.35. The highest BCUT2D eigenvalue weighted by Crippen LogP contribution is 2.39. The van der Waals surface area contributed by atoms with Gasteiger partial charge in [-0.1, -0.05) is 42.5 Å². The highest BCUT2D eigenvalue weighted by Gasteiger charge is 2.16. The van der Waals surface area contributed by atoms with E-state index < -0.39 is 0 Å². The molecule has 0 radical (unpaired) electrons. The van der Waals surface area contributed by atoms with E-state index in [-0.39, 0.29) is 0 Å². The van der Waals surface area contributed by atoms with Gasteiger partial charge in [-0.25, -0.2) is 0 Å². The van der Waals surface area contributed by atoms with Crippen molar-refractivity contribution in [3.8, 4) is 0 Å². The van der Waals surface area contributed by atoms with E-state index in [1.54, 1.807) is 4.88 Å². The second kappa shape index (κ2) is 5.16. The molecule has 1 aliphatic rings. The van der Waals surface area contributed by atoms with Crippen molar-refractivity contribution >= 4 is 33.1 Å². The van der Waals surface area contributed by atoms with E-state index in [0.29, 0.717) is 0 Å². The summed E-state index contributed by atoms with van der Waals surface area (Å²) in [6, 6.07) is 17.5. The first-order chi connectivity index (χ1) is 10.3. The lowest BCUT2D eigenvalue weighted by molar-refractivity contribution is 0.873. The molecule has 0 nitrogen and oxygen atoms in total. The fourth-order valence-electron chi connectivity index (χ4n) is 3.30. The van der Waals surface area contributed by atoms with Crippen molar-refractivity contribution in [3.63, 3.8) is 0 Å². The Morgan fingerprint density at radius 1 is 0.905 bits per heavy atom. The van der Waals surface area contributed by atoms with Crippen LogP contribution in [0.4, 0.5) is 0 Å². The number of thiophene rings is 1. The van der Waals surface area contributed by atoms with Crippen LogP contribution >= 0.6 is 11.3 Å². The Labute approximate surface area is 129 Å². The molecule has 0 saturated carbocycles. The van der Waals surface area contributed by atoms with Crippen LogP contribution in [0.5, 0.6) is 0 Å². The molecule has 0 spiro atoms. The SMILES string of the molecule is Cc1cccc2sc3c(c12)C=C(c1ccccc1)CCC3. The number of rotatable bonds is 1. The normalized spacial score (nSPS) is 14.6. The number of allylic oxidation sites excluding steroid dienone is 1. The standard InChI is InChI=1S/C20H18S/c1-14-7-5-12-19-20(14)17-13-16(10-6-11-18(17)21-19)15-8-3-2-4-9-15/h2-5,7-9,12-13H,6,10-11H2,1H3. The Hall–Kier alpha value is -1.86. The third kappa shape index (κ3) is 2.22. The van der Waals surface area contributed by atoms with Crippen LogP contribution in [0.25, 0.3) is 21.7 Å². The molecule has 0 bridgehead atoms. The number of benzene rings is 2. The number of aryl methyl sites for hydroxylation is 2. The summed E-state index contributed by atoms with van der Waals surface area (Å²) >= 11 is 1.98. The molecular weight excluding hydrogens is 272 g/mol. The van der Waals surface area contributed by atoms with Crippen LogP contribution in [0, 0.1) is 6.92 Å². The zero-order valence-corrected chi connectivity index (χ0v) is 13.0. The Kier molecular flexibility index (Phi) is 3.16. The molecular formula is C20H18S. The fraction of sp³-hybridized carbons (Fsp3) is 0.200. The first-order valence-electron chi connectivity index (χ1n) is 7.60. The van der Waals surface area contributed by atoms with E-state index in [1.807, 2.05) is 11.3 Å². The van der Waals surface area contributed by atoms with E-state index in [0.717, 1.165) is 0 Å². The van der Waals surface area contributed by atoms with Crippen LogP contribution in [0.1, 0.15) is 34.4 Å². The Morgan fingerprint density at radius 2 is 1.76 bits per heavy atom. The van der Waals surface area contributed by atoms with Gasteiger partial charge in [-0.15, -0.1) is 11.3 Å². The summed E-state index contributed by atoms with van der Waals surface area (Å²) in [4.78, 5) is 1.56. The van der Waals surface area contributed by atoms with Crippen LogP contribution in [-0.4, -0.2) is 0 Å². The monoisotopic (exact) mass is 290 g/mol. The van der Waals surface area contributed by atoms with E-state index in [2.05, 4.69) is 61.5 Å². The van der Waals surface area contributed by atoms with Crippen LogP contribution in [0.2, 0.25) is 0 Å². The summed E-state index contributed by atoms with van der Waals surface area (Å²) in [7, 11) is 0. The van der Waals surface area contributed by atoms with Crippen LogP contribution < -0.4 is 0 Å². The van der Waals surface area contributed by atoms with Gasteiger partial charge in [0.25, 0.3) is 0 Å². The minimum absolute atomic E-state index is 1.18. The smallest absolute Gasteiger partial charge is 0.0354 e. The van der Waals surface area contributed by atoms with Crippen molar-refractivity contribution in [2.24, 2.45) is 0 Å². The maximum absolute atomic E-state index is 2.45. The molecule has 4 rings (SSSR count). The van der Waals surface area contributed by atoms with Gasteiger partial charge in [-0.2, -0.15) is 0 Å². The Bertz CT molecular complexity index is 822. The van der Waals surface area contributed by atoms with Gasteiger partial charge in [-0.3, -0.25) is 0 Å². The second-order valence-corrected chi connectivity index (χ2v) is 6.91. The molecule has 0 aliphatic heterocycles. The van der Waals surface area contributed by atoms with E-state index in [4.69, 9.17) is 0 Å². The number of hydrogen-bond acceptors (Lipinski definition) is 1. The van der Waals surface area contributed by atoms with Crippen molar-refractivity contribution in [1.29, 1.82) is 0 Å². The topological polar surface area (TPSA) is 0 Å². The van der Waals surface area contributed by atoms with Gasteiger partial charge in [0.2, 0.25) is 0 Å². The third-order valence-corrected chi connectivity index (χ3v) is 5.58. The summed E-state index contributed by atoms with van der Waals surface area (Å²) in [6.45, 7) is 2.23. The fourth-order valence-corrected chi connectivity index (χ4v) is 4.60. The molecule has 2 aromatic carbocycles. The van der Waals surface area contributed by atoms with Gasteiger partial charge in [0.15, 0.2) is 0 Å². The minimum Gasteiger partial charge on any atom is -0.140 e. The number of fused-ring (bicyclic) bond motifs is 3. The molecule has 1 heterocycles. The van der Waals surface area contributed by atoms with Crippen molar-refractivity contribution in [2.45, 2.75) is 26.2 Å². The van der Waals surface area contributed by atoms with Crippen molar-refractivity contribution in [2.75, 3.05) is 0 Å². The largest absolute Gasteiger partial charge is 0.140 e. The zero-order valence-electron chi connectivity index (χ0n) is 12.2. The van der Waals surface area contributed by atoms with Gasteiger partial charge in [0.1, 0.15) is 0 Å². The summed E-state index contributed by atoms with van der Waals surface area (Å²) in [6.07, 6.45) is 6.09. The lowest BCUT2D eigenvalue weighted by Gasteiger charge is -2.05. The molecule has 1 aliphatic carbocycles. The van der Waals surface area contributed by atoms with Crippen molar-refractivity contribution in [3.05, 3.63) is 70.1 Å². The molecule has 0 atom stereocenters. The Morgan fingerprint density at radius 3 is 2.62 bits per heavy atom. The average Bonchev–Trinajstić information content (AvgIpc) is 2.73. The van der Waals surface area contributed by atoms with Crippen LogP contribution in [0.3, 0.4) is 0 Å². The van der Waals surface area contributed by atoms with Crippen molar-refractivity contribution in [1.82, 2.24) is 0 Å². The van der Waals surface area contributed by atoms with E-state index in [9.17, 15) is 0 Å². The highest BCUT2D eigenvalue weighted by atomic mass is 32.1. The molecule has 104 valence electrons. The molecule has 1 heteroatoms. The lowest BCUT2D eigenvalue weighted by atomic mass is 9.99. The van der Waals surface area contributed by atoms with Gasteiger partial charge in [-0.05, 0) is 60.6 Å². The maximum Gasteiger partial charge on any atom is 0.0354 e. The molecule has 21 heavy (non-hydrogen) atoms. The summed E-state index contributed by atoms with van der Waals surface area (Å²) in [5.41, 5.74) is 5.73. The maximum atomic E-state index is 2.45. The van der Waals surface area contributed by atoms with Gasteiger partial charge < -0.3 is 0 Å². The minimum atomic E-state index is 1.18. The molecule has 0 unspecified atom stereocenters. The molecule has 0 fully saturated rings. The average molecular weight is 290 g/mol. The zero-order chi connectivity index (χ0) is 14.2. The first kappa shape index (κ1) is 12.8. The molecule has 0 saturated heterocycles. The van der Waals surface area contributed by atoms with Crippen LogP contribution in [-0.2, 0) is 6.42 Å². The summed E-state index contributed by atoms with van der Waals surface area (Å²) < 4.78 is 1.44. The quantitative estimate of drug-likeness (QED) is 0.509. The number of hydrogen-bond donors (Lipinski definition) is 0. The lowest BCUT2D eigenvalue weighted by Crippen LogP contribution is -1.83.